The second kappa shape index (κ2) is 14.4. The molecule has 23 heteroatoms. The van der Waals surface area contributed by atoms with Gasteiger partial charge in [0.15, 0.2) is 6.23 Å². The van der Waals surface area contributed by atoms with Crippen LogP contribution in [0.3, 0.4) is 0 Å². The molecule has 3 aliphatic heterocycles. The van der Waals surface area contributed by atoms with Crippen LogP contribution in [0, 0.1) is 0 Å². The van der Waals surface area contributed by atoms with Crippen molar-refractivity contribution in [1.29, 1.82) is 0 Å². The quantitative estimate of drug-likeness (QED) is 0.139. The Kier molecular flexibility index (Phi) is 10.6. The molecule has 0 bridgehead atoms. The summed E-state index contributed by atoms with van der Waals surface area (Å²) in [5.74, 6) is -0.0124. The van der Waals surface area contributed by atoms with Crippen LogP contribution < -0.4 is 5.32 Å². The number of aliphatic hydroxyl groups excluding tert-OH is 2. The van der Waals surface area contributed by atoms with Gasteiger partial charge in [-0.1, -0.05) is 48.5 Å². The molecule has 3 aromatic carbocycles. The van der Waals surface area contributed by atoms with Crippen LogP contribution >= 0.6 is 23.5 Å². The molecule has 2 amide bonds. The molecule has 0 aliphatic carbocycles. The highest BCUT2D eigenvalue weighted by Gasteiger charge is 2.50. The van der Waals surface area contributed by atoms with Crippen molar-refractivity contribution in [3.05, 3.63) is 101 Å². The van der Waals surface area contributed by atoms with Crippen LogP contribution in [0.2, 0.25) is 0 Å². The van der Waals surface area contributed by atoms with Crippen LogP contribution in [0.1, 0.15) is 16.7 Å². The van der Waals surface area contributed by atoms with Gasteiger partial charge >= 0.3 is 35.7 Å². The predicted octanol–water partition coefficient (Wildman–Crippen LogP) is 4.48. The van der Waals surface area contributed by atoms with E-state index < -0.39 is 85.2 Å². The van der Waals surface area contributed by atoms with Crippen LogP contribution in [-0.2, 0) is 53.6 Å². The maximum absolute atomic E-state index is 13.2. The molecule has 0 saturated carbocycles. The monoisotopic (exact) mass is 794 g/mol. The summed E-state index contributed by atoms with van der Waals surface area (Å²) >= 11 is 0. The molecule has 0 aromatic heterocycles. The number of benzene rings is 3. The normalized spacial score (nSPS) is 26.7. The molecular weight excluding hydrogens is 766 g/mol. The number of phosphoric acid groups is 3. The Morgan fingerprint density at radius 2 is 1.54 bits per heavy atom. The highest BCUT2D eigenvalue weighted by molar-refractivity contribution is 7.66. The zero-order valence-corrected chi connectivity index (χ0v) is 28.7. The highest BCUT2D eigenvalue weighted by atomic mass is 31.3. The average Bonchev–Trinajstić information content (AvgIpc) is 3.60. The number of hydrogen-bond donors (Lipinski definition) is 6. The van der Waals surface area contributed by atoms with Gasteiger partial charge in [0, 0.05) is 17.3 Å². The molecule has 6 N–H and O–H groups in total. The lowest BCUT2D eigenvalue weighted by atomic mass is 10.1. The molecule has 52 heavy (non-hydrogen) atoms. The molecule has 17 nitrogen and oxygen atoms in total. The summed E-state index contributed by atoms with van der Waals surface area (Å²) < 4.78 is 105. The van der Waals surface area contributed by atoms with Gasteiger partial charge in [-0.25, -0.2) is 18.5 Å². The number of aliphatic hydroxyl groups is 2. The van der Waals surface area contributed by atoms with Crippen LogP contribution in [0.25, 0.3) is 16.5 Å². The molecule has 8 atom stereocenters. The van der Waals surface area contributed by atoms with E-state index in [4.69, 9.17) is 14.0 Å². The smallest absolute Gasteiger partial charge is 0.466 e. The topological polar surface area (TPSA) is 240 Å². The van der Waals surface area contributed by atoms with E-state index in [1.165, 1.54) is 18.2 Å². The van der Waals surface area contributed by atoms with Gasteiger partial charge < -0.3 is 34.4 Å². The molecule has 3 aliphatic rings. The van der Waals surface area contributed by atoms with E-state index in [0.29, 0.717) is 5.56 Å². The minimum absolute atomic E-state index is 0.0124. The van der Waals surface area contributed by atoms with Gasteiger partial charge in [0.25, 0.3) is 0 Å². The summed E-state index contributed by atoms with van der Waals surface area (Å²) in [6.45, 7) is -1.67. The van der Waals surface area contributed by atoms with Crippen molar-refractivity contribution >= 4 is 46.0 Å². The molecule has 0 spiro atoms. The number of rotatable bonds is 12. The number of fused-ring (bicyclic) bond motifs is 2. The summed E-state index contributed by atoms with van der Waals surface area (Å²) in [5, 5.41) is 25.2. The molecule has 3 heterocycles. The Hall–Kier alpha value is -3.45. The first-order valence-corrected chi connectivity index (χ1v) is 19.3. The van der Waals surface area contributed by atoms with Crippen LogP contribution in [0.4, 0.5) is 18.0 Å². The van der Waals surface area contributed by atoms with E-state index in [0.717, 1.165) is 34.0 Å². The number of phosphoric ester groups is 2. The van der Waals surface area contributed by atoms with Crippen molar-refractivity contribution in [2.75, 3.05) is 6.61 Å². The summed E-state index contributed by atoms with van der Waals surface area (Å²) in [5.41, 5.74) is -0.287. The van der Waals surface area contributed by atoms with Crippen molar-refractivity contribution in [1.82, 2.24) is 10.2 Å². The third kappa shape index (κ3) is 8.84. The van der Waals surface area contributed by atoms with Gasteiger partial charge in [0.05, 0.1) is 18.8 Å². The zero-order chi connectivity index (χ0) is 37.6. The summed E-state index contributed by atoms with van der Waals surface area (Å²) in [4.78, 5) is 43.5. The van der Waals surface area contributed by atoms with Gasteiger partial charge in [0.2, 0.25) is 6.23 Å². The van der Waals surface area contributed by atoms with Crippen molar-refractivity contribution in [2.24, 2.45) is 0 Å². The Balaban J connectivity index is 1.05. The minimum Gasteiger partial charge on any atom is -0.466 e. The van der Waals surface area contributed by atoms with Crippen LogP contribution in [0.5, 0.6) is 0 Å². The molecule has 280 valence electrons. The van der Waals surface area contributed by atoms with Gasteiger partial charge in [0.1, 0.15) is 24.1 Å². The lowest BCUT2D eigenvalue weighted by Gasteiger charge is -2.33. The van der Waals surface area contributed by atoms with Crippen molar-refractivity contribution in [3.63, 3.8) is 0 Å². The Labute approximate surface area is 291 Å². The largest absolute Gasteiger partial charge is 0.490 e. The fourth-order valence-corrected chi connectivity index (χ4v) is 8.84. The summed E-state index contributed by atoms with van der Waals surface area (Å²) in [6.07, 6.45) is -10.4. The van der Waals surface area contributed by atoms with Crippen LogP contribution in [0.15, 0.2) is 84.6 Å². The summed E-state index contributed by atoms with van der Waals surface area (Å²) in [7, 11) is -16.9. The number of hydrogen-bond acceptors (Lipinski definition) is 12. The van der Waals surface area contributed by atoms with Gasteiger partial charge in [-0.05, 0) is 40.6 Å². The van der Waals surface area contributed by atoms with E-state index in [-0.39, 0.29) is 16.9 Å². The Morgan fingerprint density at radius 1 is 0.846 bits per heavy atom. The second-order valence-corrected chi connectivity index (χ2v) is 16.1. The number of amides is 2. The lowest BCUT2D eigenvalue weighted by molar-refractivity contribution is -0.137. The predicted molar refractivity (Wildman–Crippen MR) is 170 cm³/mol. The Bertz CT molecular complexity index is 2080. The van der Waals surface area contributed by atoms with E-state index in [9.17, 15) is 56.6 Å². The number of nitrogens with zero attached hydrogens (tertiary/aromatic N) is 1. The second-order valence-electron chi connectivity index (χ2n) is 11.4. The molecule has 0 radical (unpaired) electrons. The molecule has 6 rings (SSSR count). The lowest BCUT2D eigenvalue weighted by Crippen LogP contribution is -2.54. The molecule has 3 aromatic rings. The maximum atomic E-state index is 13.2. The first-order chi connectivity index (χ1) is 24.3. The van der Waals surface area contributed by atoms with E-state index in [2.05, 4.69) is 18.5 Å². The zero-order valence-electron chi connectivity index (χ0n) is 26.0. The number of carbonyl (C=O) groups excluding carboxylic acids is 1. The third-order valence-corrected chi connectivity index (χ3v) is 12.0. The van der Waals surface area contributed by atoms with Gasteiger partial charge in [-0.3, -0.25) is 19.3 Å². The van der Waals surface area contributed by atoms with E-state index in [1.54, 1.807) is 36.4 Å². The molecule has 1 fully saturated rings. The van der Waals surface area contributed by atoms with Crippen molar-refractivity contribution in [2.45, 2.75) is 43.6 Å². The average molecular weight is 794 g/mol. The minimum atomic E-state index is -5.85. The third-order valence-electron chi connectivity index (χ3n) is 7.73. The number of alkyl halides is 3. The number of nitrogens with one attached hydrogen (secondary N) is 1. The number of carbonyl (C=O) groups is 1. The molecule has 1 saturated heterocycles. The van der Waals surface area contributed by atoms with Crippen LogP contribution in [-0.4, -0.2) is 73.2 Å². The SMILES string of the molecule is O=C1NC2OC(c3cccc(C(F)(F)F)c3)=CC2=CN1[C@@H]1O[C@H](COP(=O)(O)OP(=O)(O)OP(=O)(O)OCc2ccc3ccccc3c2)C(O)[C@@H]1O. The fraction of sp³-hybridized carbons (Fsp3) is 0.276. The van der Waals surface area contributed by atoms with Crippen molar-refractivity contribution < 1.29 is 83.7 Å². The summed E-state index contributed by atoms with van der Waals surface area (Å²) in [6, 6.07) is 15.3. The van der Waals surface area contributed by atoms with Gasteiger partial charge in [-0.2, -0.15) is 21.8 Å². The number of ether oxygens (including phenoxy) is 2. The van der Waals surface area contributed by atoms with E-state index in [1.807, 2.05) is 6.07 Å². The first kappa shape index (κ1) is 38.3. The Morgan fingerprint density at radius 3 is 2.25 bits per heavy atom. The standard InChI is InChI=1S/C29H28F3N2O15P3/c30-29(31,32)21-7-3-6-19(11-21)22-12-20-13-34(28(37)33-26(20)46-22)27-25(36)24(35)23(47-27)15-45-51(40,41)49-52(42,43)48-50(38,39)44-14-16-8-9-17-4-1-2-5-18(17)10-16/h1-13,23-27,35-36H,14-15H2,(H,33,37)(H,38,39)(H,40,41)(H,42,43)/t23-,24?,25+,26?,27-/m1/s1. The number of urea groups is 1. The maximum Gasteiger partial charge on any atom is 0.490 e. The first-order valence-electron chi connectivity index (χ1n) is 14.9. The highest BCUT2D eigenvalue weighted by Crippen LogP contribution is 2.68. The van der Waals surface area contributed by atoms with E-state index >= 15 is 0 Å². The molecule has 5 unspecified atom stereocenters. The fourth-order valence-electron chi connectivity index (χ4n) is 5.34. The molecular formula is C29H28F3N2O15P3. The number of halogens is 3. The van der Waals surface area contributed by atoms with Gasteiger partial charge in [-0.15, -0.1) is 0 Å². The van der Waals surface area contributed by atoms with Crippen molar-refractivity contribution in [3.8, 4) is 0 Å².